The van der Waals surface area contributed by atoms with E-state index in [1.54, 1.807) is 17.0 Å². The molecule has 0 spiro atoms. The Balaban J connectivity index is 1.29. The second kappa shape index (κ2) is 13.0. The number of nitrogens with zero attached hydrogens (tertiary/aromatic N) is 5. The van der Waals surface area contributed by atoms with Gasteiger partial charge >= 0.3 is 12.1 Å². The summed E-state index contributed by atoms with van der Waals surface area (Å²) in [7, 11) is 1.27. The van der Waals surface area contributed by atoms with Gasteiger partial charge < -0.3 is 19.1 Å². The Kier molecular flexibility index (Phi) is 8.67. The molecular weight excluding hydrogens is 702 g/mol. The highest BCUT2D eigenvalue weighted by Crippen LogP contribution is 2.47. The summed E-state index contributed by atoms with van der Waals surface area (Å²) in [6.45, 7) is 10.9. The molecule has 2 unspecified atom stereocenters. The largest absolute Gasteiger partial charge is 0.493 e. The standard InChI is InChI=1S/C41H41F4N5O4/c1-7-27-29(43)14-11-23-9-8-10-28(30(23)27)31-33(44)35-32(36(52-6)34(31)45)37(48-19-25-12-13-26(20-48)50(25)39(51)54-40(3,4)5)47-38(46-35)53-21-41-15-22(2)17-49(41)18-24(42)16-41/h1,8-11,14,24-26H,2,12-13,15-21H2,3-6H3/t24-,25?,26?,41+/m0/s1. The normalized spacial score (nSPS) is 24.0. The fourth-order valence-corrected chi connectivity index (χ4v) is 8.99. The van der Waals surface area contributed by atoms with E-state index in [1.807, 2.05) is 30.6 Å². The van der Waals surface area contributed by atoms with E-state index < -0.39 is 46.4 Å². The van der Waals surface area contributed by atoms with Crippen LogP contribution in [0.5, 0.6) is 11.8 Å². The van der Waals surface area contributed by atoms with E-state index in [4.69, 9.17) is 25.6 Å². The molecule has 4 aromatic rings. The van der Waals surface area contributed by atoms with Crippen LogP contribution in [0.25, 0.3) is 32.8 Å². The second-order valence-corrected chi connectivity index (χ2v) is 15.9. The zero-order valence-corrected chi connectivity index (χ0v) is 30.6. The van der Waals surface area contributed by atoms with Crippen molar-refractivity contribution >= 4 is 33.6 Å². The van der Waals surface area contributed by atoms with Crippen molar-refractivity contribution in [1.82, 2.24) is 19.8 Å². The Morgan fingerprint density at radius 3 is 2.48 bits per heavy atom. The summed E-state index contributed by atoms with van der Waals surface area (Å²) in [6.07, 6.45) is 6.40. The molecule has 9 nitrogen and oxygen atoms in total. The highest BCUT2D eigenvalue weighted by Gasteiger charge is 2.51. The number of rotatable bonds is 6. The Morgan fingerprint density at radius 1 is 1.06 bits per heavy atom. The number of halogens is 4. The number of hydrogen-bond donors (Lipinski definition) is 0. The van der Waals surface area contributed by atoms with Gasteiger partial charge in [-0.25, -0.2) is 22.4 Å². The molecule has 0 N–H and O–H groups in total. The topological polar surface area (TPSA) is 80.3 Å². The van der Waals surface area contributed by atoms with Gasteiger partial charge in [0, 0.05) is 38.0 Å². The van der Waals surface area contributed by atoms with Crippen LogP contribution in [0.1, 0.15) is 52.0 Å². The van der Waals surface area contributed by atoms with Crippen molar-refractivity contribution in [2.75, 3.05) is 44.8 Å². The van der Waals surface area contributed by atoms with E-state index >= 15 is 13.2 Å². The number of hydrogen-bond acceptors (Lipinski definition) is 8. The summed E-state index contributed by atoms with van der Waals surface area (Å²) in [5.74, 6) is -0.633. The zero-order chi connectivity index (χ0) is 38.3. The maximum absolute atomic E-state index is 17.3. The minimum Gasteiger partial charge on any atom is -0.493 e. The summed E-state index contributed by atoms with van der Waals surface area (Å²) in [4.78, 5) is 28.2. The number of aromatic nitrogens is 2. The van der Waals surface area contributed by atoms with Gasteiger partial charge in [0.05, 0.1) is 41.2 Å². The quantitative estimate of drug-likeness (QED) is 0.114. The van der Waals surface area contributed by atoms with Crippen LogP contribution < -0.4 is 14.4 Å². The van der Waals surface area contributed by atoms with Crippen molar-refractivity contribution in [3.8, 4) is 35.2 Å². The van der Waals surface area contributed by atoms with Gasteiger partial charge in [-0.3, -0.25) is 9.80 Å². The predicted molar refractivity (Wildman–Crippen MR) is 197 cm³/mol. The van der Waals surface area contributed by atoms with Gasteiger partial charge in [0.2, 0.25) is 0 Å². The number of benzene rings is 3. The van der Waals surface area contributed by atoms with Gasteiger partial charge in [-0.15, -0.1) is 6.42 Å². The molecule has 0 aliphatic carbocycles. The first-order valence-electron chi connectivity index (χ1n) is 18.1. The summed E-state index contributed by atoms with van der Waals surface area (Å²) >= 11 is 0. The van der Waals surface area contributed by atoms with Gasteiger partial charge in [0.25, 0.3) is 0 Å². The van der Waals surface area contributed by atoms with Gasteiger partial charge in [0.15, 0.2) is 17.4 Å². The molecule has 1 aromatic heterocycles. The molecule has 4 atom stereocenters. The number of alkyl halides is 1. The molecule has 3 aromatic carbocycles. The fraction of sp³-hybridized carbons (Fsp3) is 0.439. The van der Waals surface area contributed by atoms with Crippen LogP contribution in [-0.4, -0.2) is 95.2 Å². The van der Waals surface area contributed by atoms with Gasteiger partial charge in [0.1, 0.15) is 35.5 Å². The van der Waals surface area contributed by atoms with Crippen molar-refractivity contribution < 1.29 is 36.6 Å². The second-order valence-electron chi connectivity index (χ2n) is 15.9. The minimum atomic E-state index is -1.05. The molecule has 4 fully saturated rings. The van der Waals surface area contributed by atoms with E-state index in [9.17, 15) is 9.18 Å². The summed E-state index contributed by atoms with van der Waals surface area (Å²) in [5, 5.41) is 0.605. The van der Waals surface area contributed by atoms with Gasteiger partial charge in [-0.2, -0.15) is 9.97 Å². The van der Waals surface area contributed by atoms with Crippen molar-refractivity contribution in [2.45, 2.75) is 75.8 Å². The third-order valence-corrected chi connectivity index (χ3v) is 11.1. The van der Waals surface area contributed by atoms with Crippen LogP contribution in [-0.2, 0) is 4.74 Å². The maximum Gasteiger partial charge on any atom is 0.410 e. The third kappa shape index (κ3) is 5.86. The smallest absolute Gasteiger partial charge is 0.410 e. The van der Waals surface area contributed by atoms with E-state index in [0.29, 0.717) is 31.2 Å². The number of fused-ring (bicyclic) bond motifs is 5. The molecule has 1 amide bonds. The lowest BCUT2D eigenvalue weighted by atomic mass is 9.92. The average molecular weight is 744 g/mol. The first-order chi connectivity index (χ1) is 25.7. The molecule has 8 rings (SSSR count). The molecular formula is C41H41F4N5O4. The van der Waals surface area contributed by atoms with Crippen LogP contribution in [0.2, 0.25) is 0 Å². The first kappa shape index (κ1) is 35.9. The Bertz CT molecular complexity index is 2260. The van der Waals surface area contributed by atoms with Crippen LogP contribution in [0.15, 0.2) is 42.5 Å². The van der Waals surface area contributed by atoms with Crippen LogP contribution in [0, 0.1) is 29.8 Å². The van der Waals surface area contributed by atoms with Crippen molar-refractivity contribution in [3.63, 3.8) is 0 Å². The maximum atomic E-state index is 17.3. The summed E-state index contributed by atoms with van der Waals surface area (Å²) in [6, 6.07) is 6.73. The Labute approximate surface area is 310 Å². The lowest BCUT2D eigenvalue weighted by molar-refractivity contribution is 0.0122. The number of carbonyl (C=O) groups excluding carboxylic acids is 1. The molecule has 13 heteroatoms. The first-order valence-corrected chi connectivity index (χ1v) is 18.1. The van der Waals surface area contributed by atoms with E-state index in [2.05, 4.69) is 17.5 Å². The number of terminal acetylenes is 1. The zero-order valence-electron chi connectivity index (χ0n) is 30.6. The van der Waals surface area contributed by atoms with Crippen LogP contribution >= 0.6 is 0 Å². The molecule has 2 bridgehead atoms. The number of methoxy groups -OCH3 is 1. The van der Waals surface area contributed by atoms with E-state index in [-0.39, 0.29) is 89.7 Å². The molecule has 4 aliphatic rings. The van der Waals surface area contributed by atoms with Crippen molar-refractivity contribution in [1.29, 1.82) is 0 Å². The molecule has 0 saturated carbocycles. The fourth-order valence-electron chi connectivity index (χ4n) is 8.99. The highest BCUT2D eigenvalue weighted by molar-refractivity contribution is 6.05. The molecule has 5 heterocycles. The van der Waals surface area contributed by atoms with E-state index in [0.717, 1.165) is 5.57 Å². The predicted octanol–water partition coefficient (Wildman–Crippen LogP) is 7.57. The highest BCUT2D eigenvalue weighted by atomic mass is 19.1. The van der Waals surface area contributed by atoms with Gasteiger partial charge in [-0.05, 0) is 57.0 Å². The SMILES string of the molecule is C#Cc1c(F)ccc2cccc(-c3c(F)c(OC)c4c(N5CC6CCC(C5)N6C(=O)OC(C)(C)C)nc(OC[C@]56CC(=C)CN5C[C@@H](F)C6)nc4c3F)c12. The number of carbonyl (C=O) groups is 1. The Morgan fingerprint density at radius 2 is 1.80 bits per heavy atom. The average Bonchev–Trinajstić information content (AvgIpc) is 3.69. The van der Waals surface area contributed by atoms with Crippen molar-refractivity contribution in [3.05, 3.63) is 65.5 Å². The van der Waals surface area contributed by atoms with E-state index in [1.165, 1.54) is 25.3 Å². The number of ether oxygens (including phenoxy) is 3. The Hall–Kier alpha value is -5.09. The number of anilines is 1. The lowest BCUT2D eigenvalue weighted by Crippen LogP contribution is -2.57. The van der Waals surface area contributed by atoms with Crippen molar-refractivity contribution in [2.24, 2.45) is 0 Å². The number of piperazine rings is 1. The monoisotopic (exact) mass is 743 g/mol. The third-order valence-electron chi connectivity index (χ3n) is 11.1. The van der Waals surface area contributed by atoms with Crippen LogP contribution in [0.4, 0.5) is 28.2 Å². The van der Waals surface area contributed by atoms with Crippen LogP contribution in [0.3, 0.4) is 0 Å². The molecule has 54 heavy (non-hydrogen) atoms. The molecule has 282 valence electrons. The molecule has 4 saturated heterocycles. The summed E-state index contributed by atoms with van der Waals surface area (Å²) in [5.41, 5.74) is -1.33. The number of amides is 1. The lowest BCUT2D eigenvalue weighted by Gasteiger charge is -2.42. The minimum absolute atomic E-state index is 0.00991. The molecule has 0 radical (unpaired) electrons. The molecule has 4 aliphatic heterocycles. The summed E-state index contributed by atoms with van der Waals surface area (Å²) < 4.78 is 81.8. The van der Waals surface area contributed by atoms with Gasteiger partial charge in [-0.1, -0.05) is 42.3 Å².